The van der Waals surface area contributed by atoms with Crippen molar-refractivity contribution in [2.45, 2.75) is 38.6 Å². The SMILES string of the molecule is C[C@@H](C(=O)NCCN1CCCCCC1)n1cncn1. The Labute approximate surface area is 114 Å². The monoisotopic (exact) mass is 265 g/mol. The van der Waals surface area contributed by atoms with Crippen LogP contribution in [0.2, 0.25) is 0 Å². The van der Waals surface area contributed by atoms with Gasteiger partial charge in [-0.1, -0.05) is 12.8 Å². The van der Waals surface area contributed by atoms with Crippen LogP contribution >= 0.6 is 0 Å². The highest BCUT2D eigenvalue weighted by Gasteiger charge is 2.15. The summed E-state index contributed by atoms with van der Waals surface area (Å²) in [5.41, 5.74) is 0. The Balaban J connectivity index is 1.68. The summed E-state index contributed by atoms with van der Waals surface area (Å²) in [6, 6.07) is -0.299. The van der Waals surface area contributed by atoms with Gasteiger partial charge in [0, 0.05) is 13.1 Å². The molecule has 1 aliphatic rings. The second kappa shape index (κ2) is 7.23. The van der Waals surface area contributed by atoms with Crippen LogP contribution in [0.4, 0.5) is 0 Å². The molecule has 6 heteroatoms. The Hall–Kier alpha value is -1.43. The second-order valence-electron chi connectivity index (χ2n) is 5.10. The van der Waals surface area contributed by atoms with Crippen LogP contribution in [0.15, 0.2) is 12.7 Å². The van der Waals surface area contributed by atoms with E-state index in [0.29, 0.717) is 6.54 Å². The molecule has 2 heterocycles. The first-order chi connectivity index (χ1) is 9.27. The third-order valence-corrected chi connectivity index (χ3v) is 3.64. The number of nitrogens with one attached hydrogen (secondary N) is 1. The first-order valence-electron chi connectivity index (χ1n) is 7.11. The van der Waals surface area contributed by atoms with Crippen LogP contribution in [0, 0.1) is 0 Å². The van der Waals surface area contributed by atoms with Crippen LogP contribution in [0.25, 0.3) is 0 Å². The summed E-state index contributed by atoms with van der Waals surface area (Å²) in [7, 11) is 0. The normalized spacial score (nSPS) is 18.8. The van der Waals surface area contributed by atoms with Gasteiger partial charge in [0.15, 0.2) is 0 Å². The molecule has 0 unspecified atom stereocenters. The molecule has 1 aliphatic heterocycles. The summed E-state index contributed by atoms with van der Waals surface area (Å²) in [4.78, 5) is 18.2. The molecule has 2 rings (SSSR count). The van der Waals surface area contributed by atoms with Gasteiger partial charge in [0.05, 0.1) is 0 Å². The van der Waals surface area contributed by atoms with Crippen LogP contribution in [-0.4, -0.2) is 51.8 Å². The van der Waals surface area contributed by atoms with Crippen molar-refractivity contribution >= 4 is 5.91 Å². The first kappa shape index (κ1) is 14.0. The van der Waals surface area contributed by atoms with Gasteiger partial charge in [-0.25, -0.2) is 9.67 Å². The predicted octanol–water partition coefficient (Wildman–Crippen LogP) is 0.831. The van der Waals surface area contributed by atoms with Gasteiger partial charge in [-0.05, 0) is 32.9 Å². The lowest BCUT2D eigenvalue weighted by Gasteiger charge is -2.20. The van der Waals surface area contributed by atoms with E-state index in [1.165, 1.54) is 32.0 Å². The van der Waals surface area contributed by atoms with Gasteiger partial charge < -0.3 is 10.2 Å². The lowest BCUT2D eigenvalue weighted by Crippen LogP contribution is -2.38. The van der Waals surface area contributed by atoms with E-state index in [9.17, 15) is 4.79 Å². The minimum absolute atomic E-state index is 0.000298. The molecular weight excluding hydrogens is 242 g/mol. The number of hydrogen-bond acceptors (Lipinski definition) is 4. The van der Waals surface area contributed by atoms with Crippen molar-refractivity contribution in [3.8, 4) is 0 Å². The van der Waals surface area contributed by atoms with Crippen LogP contribution in [0.3, 0.4) is 0 Å². The zero-order valence-corrected chi connectivity index (χ0v) is 11.6. The van der Waals surface area contributed by atoms with Crippen molar-refractivity contribution in [1.29, 1.82) is 0 Å². The zero-order chi connectivity index (χ0) is 13.5. The predicted molar refractivity (Wildman–Crippen MR) is 72.7 cm³/mol. The largest absolute Gasteiger partial charge is 0.353 e. The number of amides is 1. The first-order valence-corrected chi connectivity index (χ1v) is 7.11. The average Bonchev–Trinajstić information content (AvgIpc) is 2.83. The van der Waals surface area contributed by atoms with Gasteiger partial charge in [-0.3, -0.25) is 4.79 Å². The lowest BCUT2D eigenvalue weighted by atomic mass is 10.2. The maximum absolute atomic E-state index is 11.9. The Kier molecular flexibility index (Phi) is 5.32. The molecule has 1 amide bonds. The summed E-state index contributed by atoms with van der Waals surface area (Å²) in [5, 5.41) is 6.95. The summed E-state index contributed by atoms with van der Waals surface area (Å²) in [5.74, 6) is 0.000298. The highest BCUT2D eigenvalue weighted by Crippen LogP contribution is 2.08. The molecule has 0 aliphatic carbocycles. The number of carbonyl (C=O) groups excluding carboxylic acids is 1. The van der Waals surface area contributed by atoms with Crippen LogP contribution in [-0.2, 0) is 4.79 Å². The topological polar surface area (TPSA) is 63.1 Å². The molecule has 1 atom stereocenters. The Morgan fingerprint density at radius 3 is 2.68 bits per heavy atom. The van der Waals surface area contributed by atoms with Crippen LogP contribution in [0.5, 0.6) is 0 Å². The molecule has 1 aromatic rings. The number of carbonyl (C=O) groups is 1. The number of hydrogen-bond donors (Lipinski definition) is 1. The molecule has 6 nitrogen and oxygen atoms in total. The molecule has 1 aromatic heterocycles. The van der Waals surface area contributed by atoms with Crippen molar-refractivity contribution in [3.63, 3.8) is 0 Å². The minimum Gasteiger partial charge on any atom is -0.353 e. The molecule has 19 heavy (non-hydrogen) atoms. The van der Waals surface area contributed by atoms with E-state index in [-0.39, 0.29) is 11.9 Å². The van der Waals surface area contributed by atoms with Crippen molar-refractivity contribution < 1.29 is 4.79 Å². The Morgan fingerprint density at radius 2 is 2.05 bits per heavy atom. The maximum atomic E-state index is 11.9. The molecular formula is C13H23N5O. The molecule has 1 saturated heterocycles. The van der Waals surface area contributed by atoms with Gasteiger partial charge in [0.25, 0.3) is 0 Å². The lowest BCUT2D eigenvalue weighted by molar-refractivity contribution is -0.124. The molecule has 0 saturated carbocycles. The van der Waals surface area contributed by atoms with E-state index in [2.05, 4.69) is 20.3 Å². The van der Waals surface area contributed by atoms with Crippen molar-refractivity contribution in [1.82, 2.24) is 25.0 Å². The fraction of sp³-hybridized carbons (Fsp3) is 0.769. The average molecular weight is 265 g/mol. The third-order valence-electron chi connectivity index (χ3n) is 3.64. The molecule has 106 valence electrons. The minimum atomic E-state index is -0.299. The van der Waals surface area contributed by atoms with Crippen LogP contribution < -0.4 is 5.32 Å². The van der Waals surface area contributed by atoms with Crippen molar-refractivity contribution in [2.24, 2.45) is 0 Å². The number of likely N-dealkylation sites (tertiary alicyclic amines) is 1. The molecule has 1 fully saturated rings. The fourth-order valence-corrected chi connectivity index (χ4v) is 2.38. The Bertz CT molecular complexity index is 370. The summed E-state index contributed by atoms with van der Waals surface area (Å²) in [6.45, 7) is 5.80. The molecule has 0 aromatic carbocycles. The molecule has 0 radical (unpaired) electrons. The summed E-state index contributed by atoms with van der Waals surface area (Å²) < 4.78 is 1.57. The zero-order valence-electron chi connectivity index (χ0n) is 11.6. The van der Waals surface area contributed by atoms with Crippen molar-refractivity contribution in [3.05, 3.63) is 12.7 Å². The maximum Gasteiger partial charge on any atom is 0.244 e. The van der Waals surface area contributed by atoms with E-state index >= 15 is 0 Å². The van der Waals surface area contributed by atoms with E-state index in [4.69, 9.17) is 0 Å². The smallest absolute Gasteiger partial charge is 0.244 e. The summed E-state index contributed by atoms with van der Waals surface area (Å²) >= 11 is 0. The quantitative estimate of drug-likeness (QED) is 0.856. The number of aromatic nitrogens is 3. The second-order valence-corrected chi connectivity index (χ2v) is 5.10. The molecule has 1 N–H and O–H groups in total. The van der Waals surface area contributed by atoms with E-state index in [0.717, 1.165) is 19.6 Å². The van der Waals surface area contributed by atoms with Crippen molar-refractivity contribution in [2.75, 3.05) is 26.2 Å². The highest BCUT2D eigenvalue weighted by atomic mass is 16.2. The highest BCUT2D eigenvalue weighted by molar-refractivity contribution is 5.79. The standard InChI is InChI=1S/C13H23N5O/c1-12(18-11-14-10-16-18)13(19)15-6-9-17-7-4-2-3-5-8-17/h10-12H,2-9H2,1H3,(H,15,19)/t12-/m0/s1. The fourth-order valence-electron chi connectivity index (χ4n) is 2.38. The Morgan fingerprint density at radius 1 is 1.32 bits per heavy atom. The van der Waals surface area contributed by atoms with Crippen LogP contribution in [0.1, 0.15) is 38.6 Å². The van der Waals surface area contributed by atoms with Gasteiger partial charge in [0.1, 0.15) is 18.7 Å². The number of nitrogens with zero attached hydrogens (tertiary/aromatic N) is 4. The third kappa shape index (κ3) is 4.31. The van der Waals surface area contributed by atoms with E-state index < -0.39 is 0 Å². The molecule has 0 bridgehead atoms. The van der Waals surface area contributed by atoms with E-state index in [1.807, 2.05) is 6.92 Å². The summed E-state index contributed by atoms with van der Waals surface area (Å²) in [6.07, 6.45) is 8.26. The van der Waals surface area contributed by atoms with Gasteiger partial charge in [-0.15, -0.1) is 0 Å². The van der Waals surface area contributed by atoms with Gasteiger partial charge in [-0.2, -0.15) is 5.10 Å². The van der Waals surface area contributed by atoms with E-state index in [1.54, 1.807) is 11.0 Å². The number of rotatable bonds is 5. The molecule has 0 spiro atoms. The van der Waals surface area contributed by atoms with Gasteiger partial charge in [0.2, 0.25) is 5.91 Å². The van der Waals surface area contributed by atoms with Gasteiger partial charge >= 0.3 is 0 Å².